The van der Waals surface area contributed by atoms with E-state index < -0.39 is 11.2 Å². The minimum atomic E-state index is -0.557. The molecule has 33 heavy (non-hydrogen) atoms. The van der Waals surface area contributed by atoms with E-state index in [0.717, 1.165) is 12.8 Å². The largest absolute Gasteiger partial charge is 0.469 e. The van der Waals surface area contributed by atoms with Crippen molar-refractivity contribution in [1.82, 2.24) is 4.90 Å². The summed E-state index contributed by atoms with van der Waals surface area (Å²) in [5.41, 5.74) is -1.20. The zero-order valence-corrected chi connectivity index (χ0v) is 20.8. The second-order valence-electron chi connectivity index (χ2n) is 13.5. The Bertz CT molecular complexity index is 923. The number of methoxy groups -OCH3 is 1. The van der Waals surface area contributed by atoms with Crippen LogP contribution in [0.3, 0.4) is 0 Å². The molecule has 1 heterocycles. The van der Waals surface area contributed by atoms with E-state index in [1.165, 1.54) is 7.11 Å². The Hall–Kier alpha value is -1.79. The van der Waals surface area contributed by atoms with Gasteiger partial charge in [0.1, 0.15) is 11.2 Å². The molecule has 1 amide bonds. The monoisotopic (exact) mass is 459 g/mol. The maximum absolute atomic E-state index is 13.4. The molecule has 7 heteroatoms. The lowest BCUT2D eigenvalue weighted by molar-refractivity contribution is -0.646. The zero-order chi connectivity index (χ0) is 23.9. The number of nitrogens with zero attached hydrogens (tertiary/aromatic N) is 1. The normalized spacial score (nSPS) is 45.9. The quantitative estimate of drug-likeness (QED) is 0.462. The van der Waals surface area contributed by atoms with Crippen molar-refractivity contribution in [2.24, 2.45) is 58.2 Å². The van der Waals surface area contributed by atoms with Gasteiger partial charge in [0.2, 0.25) is 0 Å². The number of hydrogen-bond donors (Lipinski definition) is 0. The molecule has 6 atom stereocenters. The SMILES string of the molecule is COC(=O)C12C3C4C5C3C1C5(C[C@@H](C(=O)OC(C)(C)C)[C@H]1CCN(C(=O)OC(C)(C)C)C1)C42. The molecule has 0 bridgehead atoms. The molecule has 6 saturated carbocycles. The Morgan fingerprint density at radius 3 is 2.12 bits per heavy atom. The van der Waals surface area contributed by atoms with E-state index in [-0.39, 0.29) is 40.7 Å². The Kier molecular flexibility index (Phi) is 3.99. The van der Waals surface area contributed by atoms with Crippen LogP contribution in [0.25, 0.3) is 0 Å². The van der Waals surface area contributed by atoms with Crippen LogP contribution in [0.5, 0.6) is 0 Å². The van der Waals surface area contributed by atoms with E-state index in [1.54, 1.807) is 4.90 Å². The van der Waals surface area contributed by atoms with E-state index in [4.69, 9.17) is 14.2 Å². The van der Waals surface area contributed by atoms with Crippen molar-refractivity contribution in [1.29, 1.82) is 0 Å². The first-order chi connectivity index (χ1) is 15.3. The van der Waals surface area contributed by atoms with Crippen LogP contribution >= 0.6 is 0 Å². The third kappa shape index (κ3) is 2.30. The lowest BCUT2D eigenvalue weighted by Crippen LogP contribution is -3.11. The van der Waals surface area contributed by atoms with Gasteiger partial charge in [-0.1, -0.05) is 0 Å². The standard InChI is InChI=1S/C26H37NO6/c1-23(2,3)32-20(28)13(12-8-9-27(11-12)22(30)33-24(4,5)6)10-25-16-14-17-15(16)19(25)26(17,18(14)25)21(29)31-7/h12-19H,8-11H2,1-7H3/t12-,13+,14?,15?,16?,17?,18?,19?,25?,26?/m0/s1. The zero-order valence-electron chi connectivity index (χ0n) is 20.8. The second kappa shape index (κ2) is 6.06. The minimum absolute atomic E-state index is 0.0189. The van der Waals surface area contributed by atoms with Crippen molar-refractivity contribution < 1.29 is 28.6 Å². The smallest absolute Gasteiger partial charge is 0.410 e. The summed E-state index contributed by atoms with van der Waals surface area (Å²) in [5.74, 6) is 3.04. The van der Waals surface area contributed by atoms with Crippen molar-refractivity contribution in [3.8, 4) is 0 Å². The summed E-state index contributed by atoms with van der Waals surface area (Å²) >= 11 is 0. The third-order valence-corrected chi connectivity index (χ3v) is 10.1. The van der Waals surface area contributed by atoms with Crippen LogP contribution in [0, 0.1) is 58.2 Å². The van der Waals surface area contributed by atoms with Gasteiger partial charge < -0.3 is 19.1 Å². The molecule has 182 valence electrons. The summed E-state index contributed by atoms with van der Waals surface area (Å²) < 4.78 is 16.7. The summed E-state index contributed by atoms with van der Waals surface area (Å²) in [6.45, 7) is 12.4. The van der Waals surface area contributed by atoms with Gasteiger partial charge in [-0.25, -0.2) is 4.79 Å². The van der Waals surface area contributed by atoms with E-state index in [9.17, 15) is 14.4 Å². The number of rotatable bonds is 5. The average molecular weight is 460 g/mol. The van der Waals surface area contributed by atoms with Gasteiger partial charge in [0.05, 0.1) is 18.4 Å². The molecule has 7 aliphatic rings. The Balaban J connectivity index is 1.20. The van der Waals surface area contributed by atoms with Crippen molar-refractivity contribution in [2.75, 3.05) is 20.2 Å². The average Bonchev–Trinajstić information content (AvgIpc) is 3.18. The number of carbonyl (C=O) groups excluding carboxylic acids is 3. The summed E-state index contributed by atoms with van der Waals surface area (Å²) in [4.78, 5) is 40.5. The summed E-state index contributed by atoms with van der Waals surface area (Å²) in [5, 5.41) is 0. The van der Waals surface area contributed by atoms with Gasteiger partial charge in [-0.05, 0) is 101 Å². The van der Waals surface area contributed by atoms with Crippen LogP contribution in [0.4, 0.5) is 4.79 Å². The fraction of sp³-hybridized carbons (Fsp3) is 0.885. The highest BCUT2D eigenvalue weighted by atomic mass is 16.6. The van der Waals surface area contributed by atoms with Crippen molar-refractivity contribution in [3.05, 3.63) is 0 Å². The van der Waals surface area contributed by atoms with Gasteiger partial charge in [-0.3, -0.25) is 9.59 Å². The molecule has 1 aliphatic heterocycles. The van der Waals surface area contributed by atoms with E-state index >= 15 is 0 Å². The van der Waals surface area contributed by atoms with Crippen molar-refractivity contribution >= 4 is 18.0 Å². The van der Waals surface area contributed by atoms with E-state index in [2.05, 4.69) is 0 Å². The van der Waals surface area contributed by atoms with Crippen LogP contribution in [0.2, 0.25) is 0 Å². The fourth-order valence-corrected chi connectivity index (χ4v) is 9.65. The first-order valence-electron chi connectivity index (χ1n) is 12.6. The molecule has 0 aromatic carbocycles. The number of likely N-dealkylation sites (tertiary alicyclic amines) is 1. The molecule has 6 aliphatic carbocycles. The summed E-state index contributed by atoms with van der Waals surface area (Å²) in [7, 11) is 1.50. The predicted molar refractivity (Wildman–Crippen MR) is 118 cm³/mol. The summed E-state index contributed by atoms with van der Waals surface area (Å²) in [6, 6.07) is 0. The number of esters is 2. The molecular formula is C26H37NO6. The number of carbonyl (C=O) groups is 3. The Morgan fingerprint density at radius 1 is 0.970 bits per heavy atom. The van der Waals surface area contributed by atoms with Gasteiger partial charge in [-0.2, -0.15) is 0 Å². The maximum atomic E-state index is 13.4. The molecule has 0 aromatic rings. The maximum Gasteiger partial charge on any atom is 0.410 e. The molecule has 0 spiro atoms. The molecule has 0 radical (unpaired) electrons. The second-order valence-corrected chi connectivity index (χ2v) is 13.5. The van der Waals surface area contributed by atoms with Gasteiger partial charge in [0.15, 0.2) is 0 Å². The first-order valence-corrected chi connectivity index (χ1v) is 12.6. The predicted octanol–water partition coefficient (Wildman–Crippen LogP) is 3.50. The third-order valence-electron chi connectivity index (χ3n) is 10.1. The highest BCUT2D eigenvalue weighted by Gasteiger charge is 3.11. The van der Waals surface area contributed by atoms with Crippen LogP contribution in [-0.2, 0) is 23.8 Å². The molecule has 0 aromatic heterocycles. The molecule has 7 nitrogen and oxygen atoms in total. The lowest BCUT2D eigenvalue weighted by atomic mass is 8.92. The van der Waals surface area contributed by atoms with Gasteiger partial charge in [-0.15, -0.1) is 0 Å². The molecular weight excluding hydrogens is 422 g/mol. The Morgan fingerprint density at radius 2 is 1.58 bits per heavy atom. The van der Waals surface area contributed by atoms with Gasteiger partial charge in [0, 0.05) is 13.1 Å². The topological polar surface area (TPSA) is 82.1 Å². The number of ether oxygens (including phenoxy) is 3. The van der Waals surface area contributed by atoms with E-state index in [0.29, 0.717) is 48.6 Å². The number of hydrogen-bond acceptors (Lipinski definition) is 6. The first kappa shape index (κ1) is 21.7. The highest BCUT2D eigenvalue weighted by molar-refractivity contribution is 5.89. The highest BCUT2D eigenvalue weighted by Crippen LogP contribution is 3.11. The van der Waals surface area contributed by atoms with E-state index in [1.807, 2.05) is 41.5 Å². The molecule has 0 N–H and O–H groups in total. The molecule has 4 unspecified atom stereocenters. The van der Waals surface area contributed by atoms with Crippen LogP contribution < -0.4 is 0 Å². The van der Waals surface area contributed by atoms with Crippen LogP contribution in [0.1, 0.15) is 54.4 Å². The lowest BCUT2D eigenvalue weighted by Gasteiger charge is -3.10. The fourth-order valence-electron chi connectivity index (χ4n) is 9.65. The molecule has 1 saturated heterocycles. The van der Waals surface area contributed by atoms with Crippen molar-refractivity contribution in [2.45, 2.75) is 65.6 Å². The van der Waals surface area contributed by atoms with Gasteiger partial charge >= 0.3 is 18.0 Å². The van der Waals surface area contributed by atoms with Crippen LogP contribution in [-0.4, -0.2) is 54.3 Å². The minimum Gasteiger partial charge on any atom is -0.469 e. The number of amides is 1. The van der Waals surface area contributed by atoms with Crippen LogP contribution in [0.15, 0.2) is 0 Å². The Labute approximate surface area is 195 Å². The molecule has 7 fully saturated rings. The molecule has 7 rings (SSSR count). The van der Waals surface area contributed by atoms with Gasteiger partial charge in [0.25, 0.3) is 0 Å². The summed E-state index contributed by atoms with van der Waals surface area (Å²) in [6.07, 6.45) is 1.25. The van der Waals surface area contributed by atoms with Crippen molar-refractivity contribution in [3.63, 3.8) is 0 Å².